The van der Waals surface area contributed by atoms with Gasteiger partial charge in [-0.2, -0.15) is 13.2 Å². The zero-order valence-corrected chi connectivity index (χ0v) is 14.8. The summed E-state index contributed by atoms with van der Waals surface area (Å²) >= 11 is 0. The number of carboxylic acids is 1. The van der Waals surface area contributed by atoms with Crippen molar-refractivity contribution < 1.29 is 41.7 Å². The number of alkyl halides is 3. The molecule has 2 heterocycles. The third-order valence-corrected chi connectivity index (χ3v) is 5.21. The van der Waals surface area contributed by atoms with Gasteiger partial charge >= 0.3 is 18.1 Å². The number of hydrogen-bond donors (Lipinski definition) is 1. The number of carboxylic acid groups (broad SMARTS) is 1. The smallest absolute Gasteiger partial charge is 0.481 e. The normalized spacial score (nSPS) is 20.0. The van der Waals surface area contributed by atoms with E-state index in [1.54, 1.807) is 11.0 Å². The van der Waals surface area contributed by atoms with Crippen LogP contribution in [0.2, 0.25) is 0 Å². The number of ether oxygens (including phenoxy) is 2. The van der Waals surface area contributed by atoms with Crippen molar-refractivity contribution >= 4 is 11.9 Å². The van der Waals surface area contributed by atoms with E-state index in [-0.39, 0.29) is 12.4 Å². The van der Waals surface area contributed by atoms with Crippen molar-refractivity contribution in [1.29, 1.82) is 0 Å². The molecule has 1 fully saturated rings. The summed E-state index contributed by atoms with van der Waals surface area (Å²) in [6.45, 7) is 0.299. The van der Waals surface area contributed by atoms with Crippen molar-refractivity contribution in [3.63, 3.8) is 0 Å². The van der Waals surface area contributed by atoms with E-state index in [9.17, 15) is 32.3 Å². The number of nitrogens with zero attached hydrogens (tertiary/aromatic N) is 1. The van der Waals surface area contributed by atoms with Crippen molar-refractivity contribution in [3.8, 4) is 0 Å². The van der Waals surface area contributed by atoms with Crippen molar-refractivity contribution in [1.82, 2.24) is 4.90 Å². The van der Waals surface area contributed by atoms with Crippen LogP contribution in [-0.4, -0.2) is 54.4 Å². The van der Waals surface area contributed by atoms with Gasteiger partial charge in [0.15, 0.2) is 0 Å². The Bertz CT molecular complexity index is 759. The zero-order chi connectivity index (χ0) is 20.5. The minimum Gasteiger partial charge on any atom is -0.481 e. The summed E-state index contributed by atoms with van der Waals surface area (Å²) in [5, 5.41) is 9.22. The molecule has 10 heteroatoms. The maximum Gasteiger partial charge on any atom is 0.490 e. The maximum atomic E-state index is 13.6. The Morgan fingerprint density at radius 1 is 1.29 bits per heavy atom. The lowest BCUT2D eigenvalue weighted by Gasteiger charge is -2.40. The van der Waals surface area contributed by atoms with Crippen LogP contribution in [0.1, 0.15) is 24.0 Å². The van der Waals surface area contributed by atoms with Gasteiger partial charge < -0.3 is 19.5 Å². The van der Waals surface area contributed by atoms with Gasteiger partial charge in [-0.1, -0.05) is 6.07 Å². The predicted molar refractivity (Wildman–Crippen MR) is 86.7 cm³/mol. The molecule has 1 spiro atoms. The molecule has 0 amide bonds. The first-order valence-electron chi connectivity index (χ1n) is 8.73. The van der Waals surface area contributed by atoms with Gasteiger partial charge in [-0.3, -0.25) is 4.79 Å². The van der Waals surface area contributed by atoms with Crippen LogP contribution in [-0.2, 0) is 31.3 Å². The van der Waals surface area contributed by atoms with Crippen LogP contribution < -0.4 is 0 Å². The number of likely N-dealkylation sites (tertiary alicyclic amines) is 1. The van der Waals surface area contributed by atoms with Gasteiger partial charge in [-0.05, 0) is 36.1 Å². The number of carbonyl (C=O) groups is 2. The van der Waals surface area contributed by atoms with Crippen LogP contribution in [0.5, 0.6) is 0 Å². The number of rotatable bonds is 5. The molecule has 2 aliphatic rings. The second-order valence-electron chi connectivity index (χ2n) is 7.02. The van der Waals surface area contributed by atoms with E-state index in [0.717, 1.165) is 11.1 Å². The van der Waals surface area contributed by atoms with E-state index in [1.165, 1.54) is 12.1 Å². The van der Waals surface area contributed by atoms with Crippen LogP contribution in [0.25, 0.3) is 0 Å². The first kappa shape index (κ1) is 20.5. The van der Waals surface area contributed by atoms with Crippen molar-refractivity contribution in [2.24, 2.45) is 5.92 Å². The first-order chi connectivity index (χ1) is 13.1. The second-order valence-corrected chi connectivity index (χ2v) is 7.02. The molecule has 154 valence electrons. The van der Waals surface area contributed by atoms with E-state index in [1.807, 2.05) is 0 Å². The third-order valence-electron chi connectivity index (χ3n) is 5.21. The highest BCUT2D eigenvalue weighted by molar-refractivity contribution is 5.76. The van der Waals surface area contributed by atoms with Crippen LogP contribution in [0.4, 0.5) is 17.6 Å². The molecule has 1 saturated heterocycles. The molecular formula is C18H19F4NO5. The Morgan fingerprint density at radius 3 is 2.57 bits per heavy atom. The molecule has 28 heavy (non-hydrogen) atoms. The Morgan fingerprint density at radius 2 is 1.96 bits per heavy atom. The zero-order valence-electron chi connectivity index (χ0n) is 14.8. The summed E-state index contributed by atoms with van der Waals surface area (Å²) in [6.07, 6.45) is -4.17. The summed E-state index contributed by atoms with van der Waals surface area (Å²) < 4.78 is 60.2. The largest absolute Gasteiger partial charge is 0.490 e. The van der Waals surface area contributed by atoms with Crippen LogP contribution >= 0.6 is 0 Å². The average Bonchev–Trinajstić information content (AvgIpc) is 2.96. The fraction of sp³-hybridized carbons (Fsp3) is 0.556. The number of hydrogen-bond acceptors (Lipinski definition) is 5. The Kier molecular flexibility index (Phi) is 5.62. The lowest BCUT2D eigenvalue weighted by atomic mass is 9.83. The van der Waals surface area contributed by atoms with Gasteiger partial charge in [0.1, 0.15) is 18.3 Å². The fourth-order valence-electron chi connectivity index (χ4n) is 3.67. The number of fused-ring (bicyclic) bond motifs is 2. The Balaban J connectivity index is 1.58. The molecule has 0 aromatic heterocycles. The Hall–Kier alpha value is -2.20. The molecule has 0 aliphatic carbocycles. The molecule has 0 radical (unpaired) electrons. The number of halogens is 4. The predicted octanol–water partition coefficient (Wildman–Crippen LogP) is 2.45. The lowest BCUT2D eigenvalue weighted by molar-refractivity contribution is -0.201. The number of piperidine rings is 1. The summed E-state index contributed by atoms with van der Waals surface area (Å²) in [5.41, 5.74) is 1.08. The van der Waals surface area contributed by atoms with Gasteiger partial charge in [-0.25, -0.2) is 9.18 Å². The first-order valence-corrected chi connectivity index (χ1v) is 8.73. The number of benzene rings is 1. The molecular weight excluding hydrogens is 386 g/mol. The topological polar surface area (TPSA) is 76.1 Å². The van der Waals surface area contributed by atoms with Gasteiger partial charge in [0.05, 0.1) is 12.2 Å². The van der Waals surface area contributed by atoms with E-state index >= 15 is 0 Å². The van der Waals surface area contributed by atoms with Gasteiger partial charge in [0.25, 0.3) is 0 Å². The molecule has 1 N–H and O–H groups in total. The van der Waals surface area contributed by atoms with Gasteiger partial charge in [-0.15, -0.1) is 0 Å². The van der Waals surface area contributed by atoms with Crippen molar-refractivity contribution in [3.05, 3.63) is 35.1 Å². The average molecular weight is 405 g/mol. The molecule has 1 aromatic rings. The molecule has 0 saturated carbocycles. The van der Waals surface area contributed by atoms with Crippen LogP contribution in [0, 0.1) is 11.7 Å². The summed E-state index contributed by atoms with van der Waals surface area (Å²) in [7, 11) is 0. The quantitative estimate of drug-likeness (QED) is 0.599. The monoisotopic (exact) mass is 405 g/mol. The molecule has 1 atom stereocenters. The highest BCUT2D eigenvalue weighted by atomic mass is 19.4. The second kappa shape index (κ2) is 7.67. The third kappa shape index (κ3) is 4.27. The number of aliphatic carboxylic acids is 1. The number of esters is 1. The summed E-state index contributed by atoms with van der Waals surface area (Å²) in [4.78, 5) is 23.9. The van der Waals surface area contributed by atoms with Crippen molar-refractivity contribution in [2.75, 3.05) is 26.2 Å². The fourth-order valence-corrected chi connectivity index (χ4v) is 3.67. The summed E-state index contributed by atoms with van der Waals surface area (Å²) in [5.74, 6) is -5.40. The van der Waals surface area contributed by atoms with E-state index in [2.05, 4.69) is 4.74 Å². The minimum atomic E-state index is -5.16. The van der Waals surface area contributed by atoms with Crippen LogP contribution in [0.3, 0.4) is 0 Å². The van der Waals surface area contributed by atoms with E-state index < -0.39 is 36.2 Å². The molecule has 6 nitrogen and oxygen atoms in total. The highest BCUT2D eigenvalue weighted by Crippen LogP contribution is 2.44. The Labute approximate surface area is 158 Å². The van der Waals surface area contributed by atoms with Gasteiger partial charge in [0.2, 0.25) is 0 Å². The summed E-state index contributed by atoms with van der Waals surface area (Å²) in [6, 6.07) is 4.51. The van der Waals surface area contributed by atoms with Crippen LogP contribution in [0.15, 0.2) is 18.2 Å². The molecule has 3 rings (SSSR count). The van der Waals surface area contributed by atoms with Crippen molar-refractivity contribution in [2.45, 2.75) is 31.2 Å². The molecule has 0 bridgehead atoms. The molecule has 1 aromatic carbocycles. The van der Waals surface area contributed by atoms with E-state index in [4.69, 9.17) is 4.74 Å². The maximum absolute atomic E-state index is 13.6. The number of carbonyl (C=O) groups excluding carboxylic acids is 1. The van der Waals surface area contributed by atoms with Gasteiger partial charge in [0, 0.05) is 19.6 Å². The minimum absolute atomic E-state index is 0.0629. The van der Waals surface area contributed by atoms with E-state index in [0.29, 0.717) is 32.5 Å². The standard InChI is InChI=1S/C18H19F4NO5/c19-13-2-1-11-10-28-17(14(11)7-13)3-5-23(6-4-17)8-12(15(24)25)9-27-16(26)18(20,21)22/h1-2,7,12H,3-6,8-10H2,(H,24,25). The molecule has 1 unspecified atom stereocenters. The SMILES string of the molecule is O=C(O)C(COC(=O)C(F)(F)F)CN1CCC2(CC1)OCc1ccc(F)cc12. The lowest BCUT2D eigenvalue weighted by Crippen LogP contribution is -2.46. The highest BCUT2D eigenvalue weighted by Gasteiger charge is 2.44. The molecule has 2 aliphatic heterocycles.